The van der Waals surface area contributed by atoms with Crippen molar-refractivity contribution in [3.63, 3.8) is 0 Å². The molecule has 0 saturated carbocycles. The molecule has 0 spiro atoms. The van der Waals surface area contributed by atoms with Gasteiger partial charge in [0.1, 0.15) is 11.8 Å². The summed E-state index contributed by atoms with van der Waals surface area (Å²) >= 11 is 0. The van der Waals surface area contributed by atoms with E-state index in [2.05, 4.69) is 48.5 Å². The standard InChI is InChI=1S/C29H30N6O2/c1-18-24(27(36)32-22-8-6-7-9-23(22)37-5)25(19-14-16-30-17-15-19)35-28(31-18)33-26(34-35)20-10-12-21(13-11-20)29(2,3)4/h6-17,25H,1-5H3,(H,32,36)(H,31,33,34). The van der Waals surface area contributed by atoms with Crippen LogP contribution in [0, 0.1) is 0 Å². The molecule has 3 heterocycles. The number of aromatic nitrogens is 4. The van der Waals surface area contributed by atoms with Gasteiger partial charge in [-0.1, -0.05) is 57.2 Å². The predicted molar refractivity (Wildman–Crippen MR) is 144 cm³/mol. The average molecular weight is 495 g/mol. The van der Waals surface area contributed by atoms with Gasteiger partial charge in [-0.2, -0.15) is 4.98 Å². The molecule has 1 aliphatic rings. The highest BCUT2D eigenvalue weighted by molar-refractivity contribution is 6.06. The Balaban J connectivity index is 1.55. The molecule has 8 nitrogen and oxygen atoms in total. The molecule has 1 aliphatic heterocycles. The maximum atomic E-state index is 13.7. The van der Waals surface area contributed by atoms with E-state index in [1.54, 1.807) is 24.2 Å². The first kappa shape index (κ1) is 24.2. The topological polar surface area (TPSA) is 94.0 Å². The number of fused-ring (bicyclic) bond motifs is 1. The highest BCUT2D eigenvalue weighted by Crippen LogP contribution is 2.37. The maximum absolute atomic E-state index is 13.7. The molecule has 0 radical (unpaired) electrons. The van der Waals surface area contributed by atoms with Crippen molar-refractivity contribution < 1.29 is 9.53 Å². The van der Waals surface area contributed by atoms with E-state index in [-0.39, 0.29) is 11.3 Å². The number of amides is 1. The molecule has 0 aliphatic carbocycles. The number of anilines is 2. The molecule has 37 heavy (non-hydrogen) atoms. The van der Waals surface area contributed by atoms with Gasteiger partial charge in [0.2, 0.25) is 5.95 Å². The van der Waals surface area contributed by atoms with Gasteiger partial charge in [-0.15, -0.1) is 5.10 Å². The van der Waals surface area contributed by atoms with Crippen molar-refractivity contribution in [3.05, 3.63) is 95.5 Å². The molecule has 1 amide bonds. The van der Waals surface area contributed by atoms with Crippen LogP contribution in [0.3, 0.4) is 0 Å². The number of nitrogens with one attached hydrogen (secondary N) is 2. The Morgan fingerprint density at radius 2 is 1.73 bits per heavy atom. The molecule has 1 atom stereocenters. The number of ether oxygens (including phenoxy) is 1. The second kappa shape index (κ2) is 9.54. The number of hydrogen-bond acceptors (Lipinski definition) is 6. The number of pyridine rings is 1. The fourth-order valence-corrected chi connectivity index (χ4v) is 4.48. The van der Waals surface area contributed by atoms with E-state index >= 15 is 0 Å². The number of hydrogen-bond donors (Lipinski definition) is 2. The van der Waals surface area contributed by atoms with Crippen molar-refractivity contribution in [1.29, 1.82) is 0 Å². The summed E-state index contributed by atoms with van der Waals surface area (Å²) in [5.74, 6) is 1.48. The van der Waals surface area contributed by atoms with Crippen LogP contribution in [0.5, 0.6) is 5.75 Å². The van der Waals surface area contributed by atoms with Gasteiger partial charge in [-0.25, -0.2) is 4.68 Å². The normalized spacial score (nSPS) is 15.1. The molecule has 1 unspecified atom stereocenters. The van der Waals surface area contributed by atoms with Crippen LogP contribution in [0.4, 0.5) is 11.6 Å². The summed E-state index contributed by atoms with van der Waals surface area (Å²) in [7, 11) is 1.58. The number of allylic oxidation sites excluding steroid dienone is 1. The Bertz CT molecular complexity index is 1470. The first-order valence-electron chi connectivity index (χ1n) is 12.2. The lowest BCUT2D eigenvalue weighted by Gasteiger charge is -2.28. The van der Waals surface area contributed by atoms with Gasteiger partial charge in [0, 0.05) is 23.7 Å². The number of carbonyl (C=O) groups excluding carboxylic acids is 1. The van der Waals surface area contributed by atoms with Crippen LogP contribution in [0.15, 0.2) is 84.3 Å². The highest BCUT2D eigenvalue weighted by atomic mass is 16.5. The van der Waals surface area contributed by atoms with Crippen LogP contribution in [-0.4, -0.2) is 32.8 Å². The van der Waals surface area contributed by atoms with E-state index in [1.165, 1.54) is 5.56 Å². The Morgan fingerprint density at radius 3 is 2.41 bits per heavy atom. The lowest BCUT2D eigenvalue weighted by molar-refractivity contribution is -0.113. The van der Waals surface area contributed by atoms with Gasteiger partial charge in [-0.3, -0.25) is 9.78 Å². The van der Waals surface area contributed by atoms with Crippen molar-refractivity contribution in [1.82, 2.24) is 19.7 Å². The molecule has 5 rings (SSSR count). The number of nitrogens with zero attached hydrogens (tertiary/aromatic N) is 4. The third-order valence-electron chi connectivity index (χ3n) is 6.48. The van der Waals surface area contributed by atoms with Gasteiger partial charge in [0.15, 0.2) is 5.82 Å². The summed E-state index contributed by atoms with van der Waals surface area (Å²) in [4.78, 5) is 22.7. The first-order valence-corrected chi connectivity index (χ1v) is 12.2. The van der Waals surface area contributed by atoms with Crippen molar-refractivity contribution in [2.75, 3.05) is 17.7 Å². The molecule has 2 N–H and O–H groups in total. The van der Waals surface area contributed by atoms with E-state index in [1.807, 2.05) is 55.5 Å². The van der Waals surface area contributed by atoms with Crippen molar-refractivity contribution in [3.8, 4) is 17.1 Å². The van der Waals surface area contributed by atoms with Crippen LogP contribution in [-0.2, 0) is 10.2 Å². The van der Waals surface area contributed by atoms with Gasteiger partial charge >= 0.3 is 0 Å². The third-order valence-corrected chi connectivity index (χ3v) is 6.48. The van der Waals surface area contributed by atoms with E-state index in [9.17, 15) is 4.79 Å². The number of rotatable bonds is 5. The summed E-state index contributed by atoms with van der Waals surface area (Å²) in [5, 5.41) is 11.2. The highest BCUT2D eigenvalue weighted by Gasteiger charge is 2.34. The minimum absolute atomic E-state index is 0.0537. The van der Waals surface area contributed by atoms with E-state index < -0.39 is 6.04 Å². The van der Waals surface area contributed by atoms with E-state index in [0.717, 1.165) is 11.1 Å². The number of methoxy groups -OCH3 is 1. The first-order chi connectivity index (χ1) is 17.8. The molecule has 0 bridgehead atoms. The summed E-state index contributed by atoms with van der Waals surface area (Å²) in [6, 6.07) is 18.9. The van der Waals surface area contributed by atoms with Gasteiger partial charge in [0.05, 0.1) is 18.4 Å². The summed E-state index contributed by atoms with van der Waals surface area (Å²) in [6.45, 7) is 8.43. The fourth-order valence-electron chi connectivity index (χ4n) is 4.48. The van der Waals surface area contributed by atoms with Crippen molar-refractivity contribution in [2.45, 2.75) is 39.2 Å². The maximum Gasteiger partial charge on any atom is 0.255 e. The smallest absolute Gasteiger partial charge is 0.255 e. The molecular weight excluding hydrogens is 464 g/mol. The largest absolute Gasteiger partial charge is 0.495 e. The second-order valence-corrected chi connectivity index (χ2v) is 10.0. The number of carbonyl (C=O) groups is 1. The van der Waals surface area contributed by atoms with Crippen LogP contribution in [0.2, 0.25) is 0 Å². The van der Waals surface area contributed by atoms with Gasteiger partial charge < -0.3 is 15.4 Å². The van der Waals surface area contributed by atoms with Gasteiger partial charge in [-0.05, 0) is 47.7 Å². The molecular formula is C29H30N6O2. The van der Waals surface area contributed by atoms with E-state index in [0.29, 0.717) is 34.5 Å². The zero-order valence-electron chi connectivity index (χ0n) is 21.6. The summed E-state index contributed by atoms with van der Waals surface area (Å²) < 4.78 is 7.20. The molecule has 0 fully saturated rings. The molecule has 0 saturated heterocycles. The predicted octanol–water partition coefficient (Wildman–Crippen LogP) is 5.57. The zero-order chi connectivity index (χ0) is 26.2. The lowest BCUT2D eigenvalue weighted by atomic mass is 9.87. The van der Waals surface area contributed by atoms with Crippen LogP contribution < -0.4 is 15.4 Å². The average Bonchev–Trinajstić information content (AvgIpc) is 3.31. The summed E-state index contributed by atoms with van der Waals surface area (Å²) in [6.07, 6.45) is 3.43. The van der Waals surface area contributed by atoms with Gasteiger partial charge in [0.25, 0.3) is 5.91 Å². The molecule has 2 aromatic carbocycles. The molecule has 188 valence electrons. The molecule has 8 heteroatoms. The Labute approximate surface area is 216 Å². The molecule has 4 aromatic rings. The van der Waals surface area contributed by atoms with Crippen molar-refractivity contribution in [2.24, 2.45) is 0 Å². The Kier molecular flexibility index (Phi) is 6.25. The minimum atomic E-state index is -0.496. The Morgan fingerprint density at radius 1 is 1.03 bits per heavy atom. The number of benzene rings is 2. The monoisotopic (exact) mass is 494 g/mol. The quantitative estimate of drug-likeness (QED) is 0.377. The second-order valence-electron chi connectivity index (χ2n) is 10.0. The van der Waals surface area contributed by atoms with Crippen LogP contribution >= 0.6 is 0 Å². The third kappa shape index (κ3) is 4.70. The van der Waals surface area contributed by atoms with E-state index in [4.69, 9.17) is 14.8 Å². The number of para-hydroxylation sites is 2. The molecule has 2 aromatic heterocycles. The Hall–Kier alpha value is -4.46. The van der Waals surface area contributed by atoms with Crippen LogP contribution in [0.1, 0.15) is 44.9 Å². The SMILES string of the molecule is COc1ccccc1NC(=O)C1=C(C)Nc2nc(-c3ccc(C(C)(C)C)cc3)nn2C1c1ccncc1. The minimum Gasteiger partial charge on any atom is -0.495 e. The zero-order valence-corrected chi connectivity index (χ0v) is 21.6. The fraction of sp³-hybridized carbons (Fsp3) is 0.241. The summed E-state index contributed by atoms with van der Waals surface area (Å²) in [5.41, 5.74) is 4.89. The lowest BCUT2D eigenvalue weighted by Crippen LogP contribution is -2.31. The van der Waals surface area contributed by atoms with Crippen LogP contribution in [0.25, 0.3) is 11.4 Å². The van der Waals surface area contributed by atoms with Crippen molar-refractivity contribution >= 4 is 17.5 Å².